The van der Waals surface area contributed by atoms with E-state index < -0.39 is 11.8 Å². The van der Waals surface area contributed by atoms with Crippen LogP contribution in [0.25, 0.3) is 0 Å². The Labute approximate surface area is 82.6 Å². The molecule has 0 unspecified atom stereocenters. The van der Waals surface area contributed by atoms with Crippen molar-refractivity contribution in [1.29, 1.82) is 0 Å². The molecular weight excluding hydrogens is 188 g/mol. The zero-order valence-electron chi connectivity index (χ0n) is 8.75. The summed E-state index contributed by atoms with van der Waals surface area (Å²) in [6, 6.07) is 0. The fraction of sp³-hybridized carbons (Fsp3) is 0.556. The smallest absolute Gasteiger partial charge is 0.345 e. The van der Waals surface area contributed by atoms with E-state index in [4.69, 9.17) is 4.74 Å². The lowest BCUT2D eigenvalue weighted by Crippen LogP contribution is -2.20. The molecule has 0 aromatic heterocycles. The van der Waals surface area contributed by atoms with Gasteiger partial charge in [-0.15, -0.1) is 0 Å². The van der Waals surface area contributed by atoms with Crippen molar-refractivity contribution in [3.8, 4) is 0 Å². The minimum absolute atomic E-state index is 0.114. The number of hydrogen-bond donors (Lipinski definition) is 0. The van der Waals surface area contributed by atoms with E-state index in [9.17, 15) is 9.59 Å². The first kappa shape index (κ1) is 12.6. The molecule has 0 aliphatic carbocycles. The molecule has 0 amide bonds. The summed E-state index contributed by atoms with van der Waals surface area (Å²) in [5.41, 5.74) is -0.114. The Kier molecular flexibility index (Phi) is 5.55. The minimum Gasteiger partial charge on any atom is -0.500 e. The maximum atomic E-state index is 11.4. The van der Waals surface area contributed by atoms with E-state index in [1.165, 1.54) is 28.3 Å². The van der Waals surface area contributed by atoms with E-state index in [1.807, 2.05) is 0 Å². The molecule has 0 saturated heterocycles. The van der Waals surface area contributed by atoms with E-state index in [0.717, 1.165) is 0 Å². The SMILES string of the molecule is COCC(=O)/C(C(=O)OC)=C(\C)OC. The molecule has 5 heteroatoms. The minimum atomic E-state index is -0.716. The van der Waals surface area contributed by atoms with Crippen LogP contribution in [0.2, 0.25) is 0 Å². The summed E-state index contributed by atoms with van der Waals surface area (Å²) in [7, 11) is 3.94. The normalized spacial score (nSPS) is 11.7. The first-order valence-electron chi connectivity index (χ1n) is 3.93. The highest BCUT2D eigenvalue weighted by Gasteiger charge is 2.22. The van der Waals surface area contributed by atoms with Crippen LogP contribution in [0, 0.1) is 0 Å². The summed E-state index contributed by atoms with van der Waals surface area (Å²) in [5, 5.41) is 0. The first-order chi connectivity index (χ1) is 6.58. The van der Waals surface area contributed by atoms with Gasteiger partial charge in [0.1, 0.15) is 17.9 Å². The Morgan fingerprint density at radius 3 is 2.00 bits per heavy atom. The van der Waals surface area contributed by atoms with Gasteiger partial charge in [0.25, 0.3) is 0 Å². The summed E-state index contributed by atoms with van der Waals surface area (Å²) in [4.78, 5) is 22.6. The van der Waals surface area contributed by atoms with Crippen LogP contribution in [0.3, 0.4) is 0 Å². The lowest BCUT2D eigenvalue weighted by Gasteiger charge is -2.07. The first-order valence-corrected chi connectivity index (χ1v) is 3.93. The van der Waals surface area contributed by atoms with Crippen molar-refractivity contribution in [3.05, 3.63) is 11.3 Å². The predicted octanol–water partition coefficient (Wildman–Crippen LogP) is 0.295. The molecular formula is C9H14O5. The van der Waals surface area contributed by atoms with Crippen LogP contribution in [0.1, 0.15) is 6.92 Å². The highest BCUT2D eigenvalue weighted by molar-refractivity contribution is 6.18. The Hall–Kier alpha value is -1.36. The van der Waals surface area contributed by atoms with Gasteiger partial charge in [-0.05, 0) is 6.92 Å². The van der Waals surface area contributed by atoms with Crippen LogP contribution < -0.4 is 0 Å². The molecule has 0 heterocycles. The van der Waals surface area contributed by atoms with Crippen molar-refractivity contribution in [2.75, 3.05) is 27.9 Å². The van der Waals surface area contributed by atoms with Crippen LogP contribution in [0.4, 0.5) is 0 Å². The molecule has 0 aliphatic heterocycles. The topological polar surface area (TPSA) is 61.8 Å². The maximum absolute atomic E-state index is 11.4. The highest BCUT2D eigenvalue weighted by atomic mass is 16.5. The number of Topliss-reactive ketones (excluding diaryl/α,β-unsaturated/α-hetero) is 1. The zero-order chi connectivity index (χ0) is 11.1. The van der Waals surface area contributed by atoms with Gasteiger partial charge in [0.2, 0.25) is 0 Å². The van der Waals surface area contributed by atoms with Gasteiger partial charge in [0, 0.05) is 7.11 Å². The number of hydrogen-bond acceptors (Lipinski definition) is 5. The largest absolute Gasteiger partial charge is 0.500 e. The van der Waals surface area contributed by atoms with Gasteiger partial charge in [-0.1, -0.05) is 0 Å². The molecule has 0 bridgehead atoms. The molecule has 0 fully saturated rings. The summed E-state index contributed by atoms with van der Waals surface area (Å²) in [6.45, 7) is 1.34. The number of esters is 1. The van der Waals surface area contributed by atoms with E-state index >= 15 is 0 Å². The average Bonchev–Trinajstić information content (AvgIpc) is 2.17. The Balaban J connectivity index is 4.92. The van der Waals surface area contributed by atoms with E-state index in [0.29, 0.717) is 0 Å². The second-order valence-corrected chi connectivity index (χ2v) is 2.48. The molecule has 0 N–H and O–H groups in total. The van der Waals surface area contributed by atoms with Gasteiger partial charge in [0.15, 0.2) is 5.78 Å². The maximum Gasteiger partial charge on any atom is 0.345 e. The summed E-state index contributed by atoms with van der Waals surface area (Å²) in [5.74, 6) is -0.955. The Bertz CT molecular complexity index is 254. The van der Waals surface area contributed by atoms with Gasteiger partial charge in [-0.3, -0.25) is 4.79 Å². The number of ketones is 1. The van der Waals surface area contributed by atoms with E-state index in [1.54, 1.807) is 0 Å². The van der Waals surface area contributed by atoms with Crippen LogP contribution >= 0.6 is 0 Å². The average molecular weight is 202 g/mol. The Morgan fingerprint density at radius 1 is 1.07 bits per heavy atom. The fourth-order valence-corrected chi connectivity index (χ4v) is 0.861. The van der Waals surface area contributed by atoms with Crippen LogP contribution in [0.15, 0.2) is 11.3 Å². The summed E-state index contributed by atoms with van der Waals surface area (Å²) >= 11 is 0. The van der Waals surface area contributed by atoms with Crippen molar-refractivity contribution < 1.29 is 23.8 Å². The quantitative estimate of drug-likeness (QED) is 0.211. The third-order valence-electron chi connectivity index (χ3n) is 1.60. The van der Waals surface area contributed by atoms with Crippen LogP contribution in [0.5, 0.6) is 0 Å². The number of carbonyl (C=O) groups excluding carboxylic acids is 2. The van der Waals surface area contributed by atoms with Crippen LogP contribution in [-0.4, -0.2) is 39.7 Å². The second kappa shape index (κ2) is 6.15. The van der Waals surface area contributed by atoms with Crippen LogP contribution in [-0.2, 0) is 23.8 Å². The highest BCUT2D eigenvalue weighted by Crippen LogP contribution is 2.08. The number of methoxy groups -OCH3 is 3. The molecule has 0 aromatic carbocycles. The van der Waals surface area contributed by atoms with Crippen molar-refractivity contribution in [1.82, 2.24) is 0 Å². The third-order valence-corrected chi connectivity index (χ3v) is 1.60. The lowest BCUT2D eigenvalue weighted by molar-refractivity contribution is -0.138. The number of ether oxygens (including phenoxy) is 3. The molecule has 0 spiro atoms. The monoisotopic (exact) mass is 202 g/mol. The van der Waals surface area contributed by atoms with Gasteiger partial charge in [-0.2, -0.15) is 0 Å². The number of rotatable bonds is 5. The predicted molar refractivity (Wildman–Crippen MR) is 48.6 cm³/mol. The molecule has 80 valence electrons. The number of allylic oxidation sites excluding steroid dienone is 1. The molecule has 0 aliphatic rings. The fourth-order valence-electron chi connectivity index (χ4n) is 0.861. The van der Waals surface area contributed by atoms with Crippen molar-refractivity contribution in [2.24, 2.45) is 0 Å². The van der Waals surface area contributed by atoms with Crippen molar-refractivity contribution in [2.45, 2.75) is 6.92 Å². The van der Waals surface area contributed by atoms with E-state index in [-0.39, 0.29) is 17.9 Å². The molecule has 0 saturated carbocycles. The van der Waals surface area contributed by atoms with E-state index in [2.05, 4.69) is 9.47 Å². The van der Waals surface area contributed by atoms with Gasteiger partial charge in [-0.25, -0.2) is 4.79 Å². The standard InChI is InChI=1S/C9H14O5/c1-6(13-3)8(9(11)14-4)7(10)5-12-2/h5H2,1-4H3/b8-6-. The molecule has 14 heavy (non-hydrogen) atoms. The lowest BCUT2D eigenvalue weighted by atomic mass is 10.1. The zero-order valence-corrected chi connectivity index (χ0v) is 8.75. The molecule has 0 rings (SSSR count). The Morgan fingerprint density at radius 2 is 1.64 bits per heavy atom. The summed E-state index contributed by atoms with van der Waals surface area (Å²) in [6.07, 6.45) is 0. The molecule has 0 atom stereocenters. The van der Waals surface area contributed by atoms with Crippen molar-refractivity contribution >= 4 is 11.8 Å². The number of carbonyl (C=O) groups is 2. The van der Waals surface area contributed by atoms with Gasteiger partial charge < -0.3 is 14.2 Å². The van der Waals surface area contributed by atoms with Crippen molar-refractivity contribution in [3.63, 3.8) is 0 Å². The molecule has 0 aromatic rings. The third kappa shape index (κ3) is 3.18. The van der Waals surface area contributed by atoms with Gasteiger partial charge >= 0.3 is 5.97 Å². The summed E-state index contributed by atoms with van der Waals surface area (Å²) < 4.78 is 13.9. The molecule has 5 nitrogen and oxygen atoms in total. The van der Waals surface area contributed by atoms with Gasteiger partial charge in [0.05, 0.1) is 14.2 Å². The molecule has 0 radical (unpaired) electrons. The second-order valence-electron chi connectivity index (χ2n) is 2.48.